The van der Waals surface area contributed by atoms with E-state index in [4.69, 9.17) is 4.74 Å². The van der Waals surface area contributed by atoms with E-state index in [1.54, 1.807) is 0 Å². The molecule has 0 spiro atoms. The summed E-state index contributed by atoms with van der Waals surface area (Å²) >= 11 is 0. The Morgan fingerprint density at radius 2 is 1.85 bits per heavy atom. The van der Waals surface area contributed by atoms with Gasteiger partial charge >= 0.3 is 0 Å². The molecule has 2 fully saturated rings. The highest BCUT2D eigenvalue weighted by atomic mass is 16.5. The van der Waals surface area contributed by atoms with Gasteiger partial charge in [0.15, 0.2) is 0 Å². The van der Waals surface area contributed by atoms with Gasteiger partial charge in [0.2, 0.25) is 0 Å². The molecular formula is C17H34N2O. The zero-order valence-electron chi connectivity index (χ0n) is 13.6. The van der Waals surface area contributed by atoms with Crippen LogP contribution in [0.1, 0.15) is 65.2 Å². The van der Waals surface area contributed by atoms with E-state index in [-0.39, 0.29) is 0 Å². The fourth-order valence-corrected chi connectivity index (χ4v) is 3.71. The molecule has 2 aliphatic rings. The molecule has 1 heterocycles. The molecule has 118 valence electrons. The molecule has 0 aromatic rings. The van der Waals surface area contributed by atoms with Gasteiger partial charge in [0.05, 0.1) is 6.10 Å². The summed E-state index contributed by atoms with van der Waals surface area (Å²) in [5.41, 5.74) is 0. The Hall–Kier alpha value is -0.120. The van der Waals surface area contributed by atoms with Crippen molar-refractivity contribution >= 4 is 0 Å². The lowest BCUT2D eigenvalue weighted by Crippen LogP contribution is -2.48. The van der Waals surface area contributed by atoms with Crippen LogP contribution >= 0.6 is 0 Å². The lowest BCUT2D eigenvalue weighted by Gasteiger charge is -2.41. The Balaban J connectivity index is 1.69. The van der Waals surface area contributed by atoms with Crippen molar-refractivity contribution in [1.29, 1.82) is 0 Å². The van der Waals surface area contributed by atoms with Crippen molar-refractivity contribution in [3.8, 4) is 0 Å². The second kappa shape index (κ2) is 9.01. The number of hydrogen-bond acceptors (Lipinski definition) is 3. The standard InChI is InChI=1S/C17H34N2O/c1-3-11-18-15-7-9-16(10-8-15)19-12-5-6-17(14-19)20-13-4-2/h15-18H,3-14H2,1-2H3. The lowest BCUT2D eigenvalue weighted by molar-refractivity contribution is -0.0183. The molecule has 1 saturated heterocycles. The summed E-state index contributed by atoms with van der Waals surface area (Å²) in [5, 5.41) is 3.69. The molecule has 0 aromatic heterocycles. The van der Waals surface area contributed by atoms with Crippen molar-refractivity contribution in [2.24, 2.45) is 0 Å². The molecule has 1 saturated carbocycles. The Morgan fingerprint density at radius 3 is 2.55 bits per heavy atom. The minimum absolute atomic E-state index is 0.500. The quantitative estimate of drug-likeness (QED) is 0.776. The summed E-state index contributed by atoms with van der Waals surface area (Å²) in [6.07, 6.45) is 11.0. The van der Waals surface area contributed by atoms with Crippen LogP contribution in [0, 0.1) is 0 Å². The number of piperidine rings is 1. The molecule has 1 atom stereocenters. The fraction of sp³-hybridized carbons (Fsp3) is 1.00. The summed E-state index contributed by atoms with van der Waals surface area (Å²) in [5.74, 6) is 0. The number of nitrogens with one attached hydrogen (secondary N) is 1. The Labute approximate surface area is 125 Å². The molecule has 3 heteroatoms. The third-order valence-corrected chi connectivity index (χ3v) is 4.86. The normalized spacial score (nSPS) is 32.4. The van der Waals surface area contributed by atoms with Crippen LogP contribution in [0.2, 0.25) is 0 Å². The van der Waals surface area contributed by atoms with E-state index >= 15 is 0 Å². The molecule has 3 nitrogen and oxygen atoms in total. The zero-order valence-corrected chi connectivity index (χ0v) is 13.6. The topological polar surface area (TPSA) is 24.5 Å². The molecule has 1 N–H and O–H groups in total. The van der Waals surface area contributed by atoms with Gasteiger partial charge in [-0.15, -0.1) is 0 Å². The van der Waals surface area contributed by atoms with Crippen LogP contribution in [-0.4, -0.2) is 49.3 Å². The van der Waals surface area contributed by atoms with Crippen molar-refractivity contribution < 1.29 is 4.74 Å². The van der Waals surface area contributed by atoms with Crippen molar-refractivity contribution in [2.45, 2.75) is 83.4 Å². The Kier molecular flexibility index (Phi) is 7.32. The largest absolute Gasteiger partial charge is 0.377 e. The van der Waals surface area contributed by atoms with Crippen LogP contribution in [-0.2, 0) is 4.74 Å². The first-order valence-electron chi connectivity index (χ1n) is 8.92. The van der Waals surface area contributed by atoms with Crippen LogP contribution in [0.15, 0.2) is 0 Å². The number of rotatable bonds is 7. The van der Waals surface area contributed by atoms with Crippen molar-refractivity contribution in [1.82, 2.24) is 10.2 Å². The van der Waals surface area contributed by atoms with Crippen molar-refractivity contribution in [2.75, 3.05) is 26.2 Å². The van der Waals surface area contributed by atoms with E-state index in [0.29, 0.717) is 6.10 Å². The van der Waals surface area contributed by atoms with E-state index in [1.807, 2.05) is 0 Å². The van der Waals surface area contributed by atoms with Gasteiger partial charge in [0, 0.05) is 25.2 Å². The number of likely N-dealkylation sites (tertiary alicyclic amines) is 1. The van der Waals surface area contributed by atoms with E-state index < -0.39 is 0 Å². The monoisotopic (exact) mass is 282 g/mol. The predicted molar refractivity (Wildman–Crippen MR) is 85.2 cm³/mol. The molecule has 0 bridgehead atoms. The molecule has 1 aliphatic carbocycles. The molecule has 1 unspecified atom stereocenters. The summed E-state index contributed by atoms with van der Waals surface area (Å²) < 4.78 is 5.97. The van der Waals surface area contributed by atoms with E-state index in [2.05, 4.69) is 24.1 Å². The third kappa shape index (κ3) is 5.01. The second-order valence-corrected chi connectivity index (χ2v) is 6.59. The first kappa shape index (κ1) is 16.3. The van der Waals surface area contributed by atoms with Gasteiger partial charge in [-0.2, -0.15) is 0 Å². The highest BCUT2D eigenvalue weighted by Gasteiger charge is 2.29. The molecule has 0 aromatic carbocycles. The minimum Gasteiger partial charge on any atom is -0.377 e. The van der Waals surface area contributed by atoms with Gasteiger partial charge in [-0.1, -0.05) is 13.8 Å². The first-order chi connectivity index (χ1) is 9.83. The second-order valence-electron chi connectivity index (χ2n) is 6.59. The number of ether oxygens (including phenoxy) is 1. The van der Waals surface area contributed by atoms with Crippen molar-refractivity contribution in [3.05, 3.63) is 0 Å². The van der Waals surface area contributed by atoms with Crippen LogP contribution in [0.3, 0.4) is 0 Å². The smallest absolute Gasteiger partial charge is 0.0702 e. The average Bonchev–Trinajstić information content (AvgIpc) is 2.52. The Bertz CT molecular complexity index is 251. The average molecular weight is 282 g/mol. The fourth-order valence-electron chi connectivity index (χ4n) is 3.71. The number of hydrogen-bond donors (Lipinski definition) is 1. The van der Waals surface area contributed by atoms with Crippen LogP contribution in [0.4, 0.5) is 0 Å². The van der Waals surface area contributed by atoms with Crippen LogP contribution < -0.4 is 5.32 Å². The van der Waals surface area contributed by atoms with Gasteiger partial charge in [0.25, 0.3) is 0 Å². The molecule has 2 rings (SSSR count). The van der Waals surface area contributed by atoms with Gasteiger partial charge in [0.1, 0.15) is 0 Å². The van der Waals surface area contributed by atoms with E-state index in [9.17, 15) is 0 Å². The van der Waals surface area contributed by atoms with Crippen LogP contribution in [0.5, 0.6) is 0 Å². The maximum atomic E-state index is 5.97. The lowest BCUT2D eigenvalue weighted by atomic mass is 9.89. The molecule has 1 aliphatic heterocycles. The maximum absolute atomic E-state index is 5.97. The van der Waals surface area contributed by atoms with Gasteiger partial charge in [-0.05, 0) is 64.5 Å². The molecule has 0 radical (unpaired) electrons. The molecular weight excluding hydrogens is 248 g/mol. The summed E-state index contributed by atoms with van der Waals surface area (Å²) in [6.45, 7) is 9.05. The minimum atomic E-state index is 0.500. The molecule has 0 amide bonds. The highest BCUT2D eigenvalue weighted by Crippen LogP contribution is 2.26. The summed E-state index contributed by atoms with van der Waals surface area (Å²) in [7, 11) is 0. The number of nitrogens with zero attached hydrogens (tertiary/aromatic N) is 1. The summed E-state index contributed by atoms with van der Waals surface area (Å²) in [4.78, 5) is 2.72. The van der Waals surface area contributed by atoms with E-state index in [0.717, 1.165) is 25.1 Å². The van der Waals surface area contributed by atoms with Gasteiger partial charge < -0.3 is 10.1 Å². The Morgan fingerprint density at radius 1 is 1.05 bits per heavy atom. The predicted octanol–water partition coefficient (Wildman–Crippen LogP) is 3.19. The van der Waals surface area contributed by atoms with Gasteiger partial charge in [-0.25, -0.2) is 0 Å². The van der Waals surface area contributed by atoms with Crippen molar-refractivity contribution in [3.63, 3.8) is 0 Å². The third-order valence-electron chi connectivity index (χ3n) is 4.86. The highest BCUT2D eigenvalue weighted by molar-refractivity contribution is 4.86. The SMILES string of the molecule is CCCNC1CCC(N2CCCC(OCCC)C2)CC1. The maximum Gasteiger partial charge on any atom is 0.0702 e. The zero-order chi connectivity index (χ0) is 14.2. The first-order valence-corrected chi connectivity index (χ1v) is 8.92. The van der Waals surface area contributed by atoms with Gasteiger partial charge in [-0.3, -0.25) is 4.90 Å². The summed E-state index contributed by atoms with van der Waals surface area (Å²) in [6, 6.07) is 1.60. The molecule has 20 heavy (non-hydrogen) atoms. The van der Waals surface area contributed by atoms with Crippen LogP contribution in [0.25, 0.3) is 0 Å². The van der Waals surface area contributed by atoms with E-state index in [1.165, 1.54) is 64.6 Å².